The fourth-order valence-electron chi connectivity index (χ4n) is 0.675. The quantitative estimate of drug-likeness (QED) is 0.337. The molecule has 0 unspecified atom stereocenters. The molecule has 0 radical (unpaired) electrons. The number of aliphatic hydroxyl groups is 2. The van der Waals surface area contributed by atoms with Crippen molar-refractivity contribution >= 4 is 6.29 Å². The number of rotatable bonds is 4. The number of hydrogen-bond acceptors (Lipinski definition) is 3. The Morgan fingerprint density at radius 2 is 2.20 bits per heavy atom. The first kappa shape index (κ1) is 9.33. The van der Waals surface area contributed by atoms with Crippen molar-refractivity contribution in [3.05, 3.63) is 11.6 Å². The van der Waals surface area contributed by atoms with Crippen LogP contribution in [0, 0.1) is 0 Å². The minimum atomic E-state index is -1.48. The molecule has 0 bridgehead atoms. The van der Waals surface area contributed by atoms with Crippen LogP contribution in [0.15, 0.2) is 11.6 Å². The molecule has 0 aliphatic carbocycles. The molecular formula is C7H12O3. The Labute approximate surface area is 60.0 Å². The summed E-state index contributed by atoms with van der Waals surface area (Å²) in [6.07, 6.45) is 1.62. The summed E-state index contributed by atoms with van der Waals surface area (Å²) >= 11 is 0. The van der Waals surface area contributed by atoms with Crippen molar-refractivity contribution in [1.29, 1.82) is 0 Å². The number of allylic oxidation sites excluding steroid dienone is 1. The summed E-state index contributed by atoms with van der Waals surface area (Å²) in [5.74, 6) is 0. The summed E-state index contributed by atoms with van der Waals surface area (Å²) in [7, 11) is 0. The van der Waals surface area contributed by atoms with Gasteiger partial charge in [0.2, 0.25) is 0 Å². The average Bonchev–Trinajstić information content (AvgIpc) is 1.87. The minimum Gasteiger partial charge on any atom is -0.365 e. The van der Waals surface area contributed by atoms with Crippen LogP contribution in [-0.2, 0) is 4.79 Å². The number of aliphatic hydroxyl groups excluding tert-OH is 1. The van der Waals surface area contributed by atoms with Gasteiger partial charge in [0, 0.05) is 0 Å². The van der Waals surface area contributed by atoms with E-state index >= 15 is 0 Å². The maximum atomic E-state index is 9.90. The highest BCUT2D eigenvalue weighted by Crippen LogP contribution is 2.06. The molecule has 0 saturated carbocycles. The van der Waals surface area contributed by atoms with E-state index in [1.54, 1.807) is 0 Å². The second-order valence-corrected chi connectivity index (χ2v) is 2.00. The molecule has 3 heteroatoms. The number of carbonyl (C=O) groups is 1. The molecule has 0 aromatic rings. The van der Waals surface area contributed by atoms with E-state index in [0.29, 0.717) is 18.3 Å². The molecule has 0 rings (SSSR count). The zero-order chi connectivity index (χ0) is 7.98. The van der Waals surface area contributed by atoms with Crippen LogP contribution >= 0.6 is 0 Å². The van der Waals surface area contributed by atoms with Crippen molar-refractivity contribution < 1.29 is 15.0 Å². The van der Waals surface area contributed by atoms with Gasteiger partial charge in [0.1, 0.15) is 6.29 Å². The van der Waals surface area contributed by atoms with E-state index in [2.05, 4.69) is 0 Å². The largest absolute Gasteiger partial charge is 0.365 e. The van der Waals surface area contributed by atoms with Crippen LogP contribution in [0.5, 0.6) is 0 Å². The van der Waals surface area contributed by atoms with Gasteiger partial charge in [-0.3, -0.25) is 4.79 Å². The molecule has 0 aromatic carbocycles. The lowest BCUT2D eigenvalue weighted by Crippen LogP contribution is -2.08. The Hall–Kier alpha value is -0.670. The molecule has 0 aliphatic heterocycles. The van der Waals surface area contributed by atoms with Gasteiger partial charge in [-0.1, -0.05) is 13.3 Å². The van der Waals surface area contributed by atoms with Crippen LogP contribution in [0.25, 0.3) is 0 Å². The second-order valence-electron chi connectivity index (χ2n) is 2.00. The normalized spacial score (nSPS) is 12.2. The molecule has 3 nitrogen and oxygen atoms in total. The summed E-state index contributed by atoms with van der Waals surface area (Å²) in [6, 6.07) is 0. The van der Waals surface area contributed by atoms with Gasteiger partial charge < -0.3 is 10.2 Å². The van der Waals surface area contributed by atoms with Gasteiger partial charge in [0.05, 0.1) is 0 Å². The lowest BCUT2D eigenvalue weighted by molar-refractivity contribution is -0.104. The first-order valence-corrected chi connectivity index (χ1v) is 3.22. The zero-order valence-corrected chi connectivity index (χ0v) is 5.95. The molecule has 0 amide bonds. The standard InChI is InChI=1S/C7H12O3/c1-2-3-6(4-5-8)7(9)10/h4-5,7,9-10H,2-3H2,1H3/b6-4-. The second kappa shape index (κ2) is 5.14. The van der Waals surface area contributed by atoms with Gasteiger partial charge in [-0.05, 0) is 18.1 Å². The number of carbonyl (C=O) groups excluding carboxylic acids is 1. The summed E-state index contributed by atoms with van der Waals surface area (Å²) in [5, 5.41) is 17.2. The van der Waals surface area contributed by atoms with Gasteiger partial charge >= 0.3 is 0 Å². The molecule has 0 atom stereocenters. The Morgan fingerprint density at radius 1 is 1.60 bits per heavy atom. The maximum absolute atomic E-state index is 9.90. The SMILES string of the molecule is CCC/C(=C/C=O)C(O)O. The van der Waals surface area contributed by atoms with Crippen LogP contribution in [0.4, 0.5) is 0 Å². The highest BCUT2D eigenvalue weighted by Gasteiger charge is 2.03. The molecule has 10 heavy (non-hydrogen) atoms. The molecule has 58 valence electrons. The van der Waals surface area contributed by atoms with Crippen molar-refractivity contribution in [1.82, 2.24) is 0 Å². The third kappa shape index (κ3) is 3.37. The molecule has 0 spiro atoms. The molecular weight excluding hydrogens is 132 g/mol. The van der Waals surface area contributed by atoms with Crippen molar-refractivity contribution in [3.63, 3.8) is 0 Å². The van der Waals surface area contributed by atoms with Crippen LogP contribution in [0.2, 0.25) is 0 Å². The third-order valence-corrected chi connectivity index (χ3v) is 1.15. The molecule has 2 N–H and O–H groups in total. The van der Waals surface area contributed by atoms with Crippen molar-refractivity contribution in [2.75, 3.05) is 0 Å². The van der Waals surface area contributed by atoms with Gasteiger partial charge in [-0.15, -0.1) is 0 Å². The van der Waals surface area contributed by atoms with Crippen LogP contribution < -0.4 is 0 Å². The number of aldehydes is 1. The summed E-state index contributed by atoms with van der Waals surface area (Å²) in [6.45, 7) is 1.90. The Morgan fingerprint density at radius 3 is 2.50 bits per heavy atom. The van der Waals surface area contributed by atoms with Crippen molar-refractivity contribution in [2.45, 2.75) is 26.1 Å². The van der Waals surface area contributed by atoms with E-state index in [-0.39, 0.29) is 0 Å². The Kier molecular flexibility index (Phi) is 4.80. The zero-order valence-electron chi connectivity index (χ0n) is 5.95. The van der Waals surface area contributed by atoms with Gasteiger partial charge in [-0.2, -0.15) is 0 Å². The van der Waals surface area contributed by atoms with Crippen molar-refractivity contribution in [3.8, 4) is 0 Å². The van der Waals surface area contributed by atoms with Crippen LogP contribution in [-0.4, -0.2) is 22.8 Å². The summed E-state index contributed by atoms with van der Waals surface area (Å²) in [4.78, 5) is 9.90. The molecule has 0 aliphatic rings. The summed E-state index contributed by atoms with van der Waals surface area (Å²) < 4.78 is 0. The van der Waals surface area contributed by atoms with Crippen molar-refractivity contribution in [2.24, 2.45) is 0 Å². The lowest BCUT2D eigenvalue weighted by Gasteiger charge is -2.05. The van der Waals surface area contributed by atoms with E-state index in [4.69, 9.17) is 10.2 Å². The minimum absolute atomic E-state index is 0.373. The van der Waals surface area contributed by atoms with Gasteiger partial charge in [0.15, 0.2) is 6.29 Å². The van der Waals surface area contributed by atoms with E-state index < -0.39 is 6.29 Å². The predicted octanol–water partition coefficient (Wildman–Crippen LogP) is 0.223. The average molecular weight is 144 g/mol. The lowest BCUT2D eigenvalue weighted by atomic mass is 10.1. The van der Waals surface area contributed by atoms with Crippen LogP contribution in [0.1, 0.15) is 19.8 Å². The molecule has 0 aromatic heterocycles. The van der Waals surface area contributed by atoms with E-state index in [0.717, 1.165) is 6.42 Å². The molecule has 0 saturated heterocycles. The van der Waals surface area contributed by atoms with Gasteiger partial charge in [-0.25, -0.2) is 0 Å². The molecule has 0 fully saturated rings. The molecule has 0 heterocycles. The first-order valence-electron chi connectivity index (χ1n) is 3.22. The highest BCUT2D eigenvalue weighted by molar-refractivity contribution is 5.66. The Balaban J connectivity index is 3.97. The fraction of sp³-hybridized carbons (Fsp3) is 0.571. The summed E-state index contributed by atoms with van der Waals surface area (Å²) in [5.41, 5.74) is 0.373. The van der Waals surface area contributed by atoms with Gasteiger partial charge in [0.25, 0.3) is 0 Å². The maximum Gasteiger partial charge on any atom is 0.174 e. The number of hydrogen-bond donors (Lipinski definition) is 2. The third-order valence-electron chi connectivity index (χ3n) is 1.15. The first-order chi connectivity index (χ1) is 4.72. The smallest absolute Gasteiger partial charge is 0.174 e. The van der Waals surface area contributed by atoms with E-state index in [9.17, 15) is 4.79 Å². The van der Waals surface area contributed by atoms with Crippen LogP contribution in [0.3, 0.4) is 0 Å². The topological polar surface area (TPSA) is 57.5 Å². The highest BCUT2D eigenvalue weighted by atomic mass is 16.5. The fourth-order valence-corrected chi connectivity index (χ4v) is 0.675. The van der Waals surface area contributed by atoms with E-state index in [1.807, 2.05) is 6.92 Å². The monoisotopic (exact) mass is 144 g/mol. The Bertz CT molecular complexity index is 127. The van der Waals surface area contributed by atoms with E-state index in [1.165, 1.54) is 6.08 Å². The predicted molar refractivity (Wildman–Crippen MR) is 37.3 cm³/mol.